The predicted molar refractivity (Wildman–Crippen MR) is 44.2 cm³/mol. The lowest BCUT2D eigenvalue weighted by molar-refractivity contribution is 0.632. The van der Waals surface area contributed by atoms with Gasteiger partial charge in [-0.2, -0.15) is 0 Å². The molecule has 0 amide bonds. The van der Waals surface area contributed by atoms with Gasteiger partial charge in [0, 0.05) is 30.8 Å². The molecule has 0 spiro atoms. The molecule has 0 aromatic carbocycles. The van der Waals surface area contributed by atoms with Crippen LogP contribution in [0.5, 0.6) is 0 Å². The Morgan fingerprint density at radius 1 is 1.55 bits per heavy atom. The molecule has 2 heterocycles. The molecule has 1 aliphatic heterocycles. The third-order valence-electron chi connectivity index (χ3n) is 1.99. The first-order valence-electron chi connectivity index (χ1n) is 3.61. The number of aromatic nitrogens is 2. The fraction of sp³-hybridized carbons (Fsp3) is 0.500. The molecule has 11 heavy (non-hydrogen) atoms. The quantitative estimate of drug-likeness (QED) is 0.436. The summed E-state index contributed by atoms with van der Waals surface area (Å²) >= 11 is 0. The van der Waals surface area contributed by atoms with Gasteiger partial charge in [0.05, 0.1) is 0 Å². The van der Waals surface area contributed by atoms with Gasteiger partial charge in [0.15, 0.2) is 0 Å². The van der Waals surface area contributed by atoms with Crippen LogP contribution in [0.2, 0.25) is 0 Å². The fourth-order valence-corrected chi connectivity index (χ4v) is 1.40. The predicted octanol–water partition coefficient (Wildman–Crippen LogP) is -1.75. The Bertz CT molecular complexity index is 255. The lowest BCUT2D eigenvalue weighted by Crippen LogP contribution is -2.27. The minimum Gasteiger partial charge on any atom is -0.328 e. The fourth-order valence-electron chi connectivity index (χ4n) is 1.40. The standard InChI is InChI=1S/C6H7B2N3/c7-6-4-3-9-2-1-5(4)11(8)10-6/h9H,1-3H2. The maximum atomic E-state index is 5.61. The smallest absolute Gasteiger partial charge is 0.264 e. The first-order chi connectivity index (χ1) is 5.29. The van der Waals surface area contributed by atoms with Gasteiger partial charge >= 0.3 is 0 Å². The summed E-state index contributed by atoms with van der Waals surface area (Å²) in [5.41, 5.74) is 2.66. The number of nitrogens with one attached hydrogen (secondary N) is 1. The first kappa shape index (κ1) is 6.98. The molecular formula is C6H7B2N3. The van der Waals surface area contributed by atoms with E-state index in [1.807, 2.05) is 0 Å². The van der Waals surface area contributed by atoms with Crippen LogP contribution in [0.1, 0.15) is 11.3 Å². The van der Waals surface area contributed by atoms with Crippen LogP contribution in [-0.2, 0) is 13.0 Å². The Morgan fingerprint density at radius 2 is 2.36 bits per heavy atom. The lowest BCUT2D eigenvalue weighted by atomic mass is 9.95. The van der Waals surface area contributed by atoms with Crippen LogP contribution < -0.4 is 10.9 Å². The second-order valence-electron chi connectivity index (χ2n) is 2.68. The Labute approximate surface area is 68.0 Å². The maximum Gasteiger partial charge on any atom is 0.264 e. The summed E-state index contributed by atoms with van der Waals surface area (Å²) in [6, 6.07) is 0. The molecule has 3 nitrogen and oxygen atoms in total. The van der Waals surface area contributed by atoms with Crippen molar-refractivity contribution in [1.82, 2.24) is 15.0 Å². The van der Waals surface area contributed by atoms with Crippen LogP contribution in [-0.4, -0.2) is 32.1 Å². The average molecular weight is 143 g/mol. The average Bonchev–Trinajstić information content (AvgIpc) is 2.30. The largest absolute Gasteiger partial charge is 0.328 e. The summed E-state index contributed by atoms with van der Waals surface area (Å²) in [6.45, 7) is 1.74. The molecule has 0 aliphatic carbocycles. The summed E-state index contributed by atoms with van der Waals surface area (Å²) in [5.74, 6) is 0. The molecule has 0 atom stereocenters. The third-order valence-corrected chi connectivity index (χ3v) is 1.99. The monoisotopic (exact) mass is 143 g/mol. The van der Waals surface area contributed by atoms with Crippen LogP contribution in [0.3, 0.4) is 0 Å². The minimum absolute atomic E-state index is 0.551. The van der Waals surface area contributed by atoms with Crippen LogP contribution in [0.15, 0.2) is 0 Å². The second kappa shape index (κ2) is 2.41. The highest BCUT2D eigenvalue weighted by molar-refractivity contribution is 6.32. The van der Waals surface area contributed by atoms with Crippen molar-refractivity contribution in [1.29, 1.82) is 0 Å². The van der Waals surface area contributed by atoms with Crippen LogP contribution in [0.25, 0.3) is 0 Å². The van der Waals surface area contributed by atoms with Crippen LogP contribution in [0, 0.1) is 0 Å². The summed E-state index contributed by atoms with van der Waals surface area (Å²) < 4.78 is 1.38. The molecule has 0 unspecified atom stereocenters. The second-order valence-corrected chi connectivity index (χ2v) is 2.68. The molecule has 52 valence electrons. The minimum atomic E-state index is 0.551. The van der Waals surface area contributed by atoms with Gasteiger partial charge in [-0.15, -0.1) is 0 Å². The van der Waals surface area contributed by atoms with Gasteiger partial charge in [-0.25, -0.2) is 5.10 Å². The molecule has 1 aromatic rings. The van der Waals surface area contributed by atoms with Crippen molar-refractivity contribution in [3.63, 3.8) is 0 Å². The first-order valence-corrected chi connectivity index (χ1v) is 3.61. The number of hydrogen-bond acceptors (Lipinski definition) is 2. The lowest BCUT2D eigenvalue weighted by Gasteiger charge is -2.14. The molecule has 0 fully saturated rings. The van der Waals surface area contributed by atoms with Gasteiger partial charge in [0.1, 0.15) is 7.85 Å². The van der Waals surface area contributed by atoms with Gasteiger partial charge in [0.25, 0.3) is 7.98 Å². The SMILES string of the molecule is [B]c1nn([B])c2c1CNCC2. The van der Waals surface area contributed by atoms with E-state index in [2.05, 4.69) is 10.4 Å². The van der Waals surface area contributed by atoms with Gasteiger partial charge in [-0.05, 0) is 5.56 Å². The van der Waals surface area contributed by atoms with Crippen molar-refractivity contribution < 1.29 is 0 Å². The van der Waals surface area contributed by atoms with E-state index in [0.717, 1.165) is 30.8 Å². The summed E-state index contributed by atoms with van der Waals surface area (Å²) in [4.78, 5) is 0. The summed E-state index contributed by atoms with van der Waals surface area (Å²) in [5, 5.41) is 7.13. The van der Waals surface area contributed by atoms with Crippen LogP contribution in [0.4, 0.5) is 0 Å². The molecule has 4 radical (unpaired) electrons. The molecule has 1 aromatic heterocycles. The van der Waals surface area contributed by atoms with E-state index in [1.165, 1.54) is 4.59 Å². The molecule has 0 bridgehead atoms. The number of rotatable bonds is 0. The highest BCUT2D eigenvalue weighted by Gasteiger charge is 2.14. The molecule has 0 saturated carbocycles. The Morgan fingerprint density at radius 3 is 3.09 bits per heavy atom. The van der Waals surface area contributed by atoms with Gasteiger partial charge in [0.2, 0.25) is 0 Å². The highest BCUT2D eigenvalue weighted by atomic mass is 15.2. The zero-order valence-electron chi connectivity index (χ0n) is 6.17. The van der Waals surface area contributed by atoms with Crippen molar-refractivity contribution in [3.05, 3.63) is 11.3 Å². The van der Waals surface area contributed by atoms with Gasteiger partial charge in [-0.1, -0.05) is 0 Å². The summed E-state index contributed by atoms with van der Waals surface area (Å²) in [7, 11) is 11.2. The van der Waals surface area contributed by atoms with Crippen molar-refractivity contribution in [2.24, 2.45) is 0 Å². The van der Waals surface area contributed by atoms with Gasteiger partial charge < -0.3 is 9.91 Å². The van der Waals surface area contributed by atoms with E-state index in [0.29, 0.717) is 5.59 Å². The van der Waals surface area contributed by atoms with Gasteiger partial charge in [-0.3, -0.25) is 0 Å². The number of hydrogen-bond donors (Lipinski definition) is 1. The molecule has 0 saturated heterocycles. The highest BCUT2D eigenvalue weighted by Crippen LogP contribution is 2.08. The van der Waals surface area contributed by atoms with Crippen molar-refractivity contribution >= 4 is 21.4 Å². The topological polar surface area (TPSA) is 29.9 Å². The van der Waals surface area contributed by atoms with E-state index in [-0.39, 0.29) is 0 Å². The molecular weight excluding hydrogens is 136 g/mol. The number of fused-ring (bicyclic) bond motifs is 1. The van der Waals surface area contributed by atoms with E-state index >= 15 is 0 Å². The Hall–Kier alpha value is -0.700. The van der Waals surface area contributed by atoms with E-state index in [4.69, 9.17) is 15.8 Å². The Kier molecular flexibility index (Phi) is 1.53. The van der Waals surface area contributed by atoms with E-state index < -0.39 is 0 Å². The van der Waals surface area contributed by atoms with Crippen molar-refractivity contribution in [2.45, 2.75) is 13.0 Å². The molecule has 1 N–H and O–H groups in total. The number of nitrogens with zero attached hydrogens (tertiary/aromatic N) is 2. The molecule has 2 rings (SSSR count). The van der Waals surface area contributed by atoms with Crippen molar-refractivity contribution in [3.8, 4) is 0 Å². The summed E-state index contributed by atoms with van der Waals surface area (Å²) in [6.07, 6.45) is 0.913. The van der Waals surface area contributed by atoms with Crippen LogP contribution >= 0.6 is 0 Å². The van der Waals surface area contributed by atoms with Crippen molar-refractivity contribution in [2.75, 3.05) is 6.54 Å². The molecule has 5 heteroatoms. The van der Waals surface area contributed by atoms with E-state index in [1.54, 1.807) is 0 Å². The normalized spacial score (nSPS) is 16.4. The molecule has 1 aliphatic rings. The Balaban J connectivity index is 2.52. The maximum absolute atomic E-state index is 5.61. The third kappa shape index (κ3) is 0.997. The zero-order valence-corrected chi connectivity index (χ0v) is 6.17. The zero-order chi connectivity index (χ0) is 7.84. The van der Waals surface area contributed by atoms with E-state index in [9.17, 15) is 0 Å².